The van der Waals surface area contributed by atoms with Crippen molar-refractivity contribution in [3.05, 3.63) is 59.9 Å². The lowest BCUT2D eigenvalue weighted by molar-refractivity contribution is -0.128. The van der Waals surface area contributed by atoms with Crippen molar-refractivity contribution < 1.29 is 28.2 Å². The Hall–Kier alpha value is -3.46. The highest BCUT2D eigenvalue weighted by atomic mass is 19.1. The predicted molar refractivity (Wildman–Crippen MR) is 123 cm³/mol. The van der Waals surface area contributed by atoms with Crippen LogP contribution in [0.2, 0.25) is 0 Å². The number of para-hydroxylation sites is 1. The maximum atomic E-state index is 13.7. The number of ether oxygens (including phenoxy) is 2. The number of amides is 4. The van der Waals surface area contributed by atoms with Gasteiger partial charge in [0.25, 0.3) is 5.91 Å². The summed E-state index contributed by atoms with van der Waals surface area (Å²) in [6.45, 7) is 1.30. The van der Waals surface area contributed by atoms with Crippen LogP contribution in [0.3, 0.4) is 0 Å². The summed E-state index contributed by atoms with van der Waals surface area (Å²) in [6.07, 6.45) is 1.44. The van der Waals surface area contributed by atoms with Gasteiger partial charge in [-0.3, -0.25) is 14.5 Å². The van der Waals surface area contributed by atoms with Crippen LogP contribution in [0.4, 0.5) is 14.9 Å². The summed E-state index contributed by atoms with van der Waals surface area (Å²) in [7, 11) is 1.60. The van der Waals surface area contributed by atoms with Crippen molar-refractivity contribution in [2.75, 3.05) is 32.2 Å². The molecule has 0 bridgehead atoms. The molecule has 0 radical (unpaired) electrons. The fourth-order valence-electron chi connectivity index (χ4n) is 4.52. The zero-order chi connectivity index (χ0) is 24.1. The molecule has 2 aliphatic rings. The molecule has 0 saturated carbocycles. The Balaban J connectivity index is 1.41. The molecule has 2 aliphatic heterocycles. The van der Waals surface area contributed by atoms with Gasteiger partial charge in [-0.15, -0.1) is 0 Å². The van der Waals surface area contributed by atoms with Crippen molar-refractivity contribution in [3.63, 3.8) is 0 Å². The van der Waals surface area contributed by atoms with Crippen LogP contribution in [-0.4, -0.2) is 55.7 Å². The van der Waals surface area contributed by atoms with Crippen LogP contribution in [-0.2, 0) is 19.7 Å². The summed E-state index contributed by atoms with van der Waals surface area (Å²) in [5.74, 6) is -0.588. The Kier molecular flexibility index (Phi) is 7.12. The first-order valence-electron chi connectivity index (χ1n) is 11.3. The number of halogens is 1. The average molecular weight is 470 g/mol. The minimum atomic E-state index is -0.799. The van der Waals surface area contributed by atoms with E-state index in [4.69, 9.17) is 9.47 Å². The highest BCUT2D eigenvalue weighted by Crippen LogP contribution is 2.37. The van der Waals surface area contributed by atoms with Crippen LogP contribution in [0.1, 0.15) is 31.2 Å². The number of carbonyl (C=O) groups excluding carboxylic acids is 3. The van der Waals surface area contributed by atoms with Gasteiger partial charge >= 0.3 is 6.03 Å². The number of urea groups is 1. The number of imide groups is 1. The van der Waals surface area contributed by atoms with Crippen LogP contribution in [0, 0.1) is 5.82 Å². The molecular formula is C25H28FN3O5. The fraction of sp³-hybridized carbons (Fsp3) is 0.400. The zero-order valence-electron chi connectivity index (χ0n) is 19.0. The number of carbonyl (C=O) groups is 3. The van der Waals surface area contributed by atoms with Crippen LogP contribution in [0.25, 0.3) is 0 Å². The Morgan fingerprint density at radius 2 is 1.88 bits per heavy atom. The Bertz CT molecular complexity index is 1050. The lowest BCUT2D eigenvalue weighted by Gasteiger charge is -2.39. The molecule has 34 heavy (non-hydrogen) atoms. The van der Waals surface area contributed by atoms with E-state index >= 15 is 0 Å². The molecule has 2 N–H and O–H groups in total. The SMILES string of the molecule is COc1ccc(C2(CN3C(=O)NC(CCC(=O)Nc4ccccc4F)C3=O)CCOCC2)cc1. The van der Waals surface area contributed by atoms with Gasteiger partial charge in [-0.25, -0.2) is 9.18 Å². The number of hydrogen-bond acceptors (Lipinski definition) is 5. The summed E-state index contributed by atoms with van der Waals surface area (Å²) in [4.78, 5) is 39.3. The molecule has 8 nitrogen and oxygen atoms in total. The average Bonchev–Trinajstić information content (AvgIpc) is 3.12. The van der Waals surface area contributed by atoms with E-state index in [1.165, 1.54) is 23.1 Å². The van der Waals surface area contributed by atoms with E-state index < -0.39 is 29.2 Å². The Morgan fingerprint density at radius 3 is 2.56 bits per heavy atom. The summed E-state index contributed by atoms with van der Waals surface area (Å²) >= 11 is 0. The molecule has 0 aliphatic carbocycles. The maximum Gasteiger partial charge on any atom is 0.324 e. The molecule has 0 aromatic heterocycles. The molecule has 4 rings (SSSR count). The quantitative estimate of drug-likeness (QED) is 0.579. The van der Waals surface area contributed by atoms with Crippen LogP contribution >= 0.6 is 0 Å². The largest absolute Gasteiger partial charge is 0.497 e. The predicted octanol–water partition coefficient (Wildman–Crippen LogP) is 3.22. The van der Waals surface area contributed by atoms with Gasteiger partial charge in [0, 0.05) is 31.6 Å². The van der Waals surface area contributed by atoms with Gasteiger partial charge in [0.1, 0.15) is 17.6 Å². The van der Waals surface area contributed by atoms with Gasteiger partial charge in [0.2, 0.25) is 5.91 Å². The molecule has 2 aromatic carbocycles. The van der Waals surface area contributed by atoms with Crippen molar-refractivity contribution >= 4 is 23.5 Å². The second-order valence-electron chi connectivity index (χ2n) is 8.61. The lowest BCUT2D eigenvalue weighted by atomic mass is 9.73. The first-order valence-corrected chi connectivity index (χ1v) is 11.3. The summed E-state index contributed by atoms with van der Waals surface area (Å²) in [5, 5.41) is 5.19. The number of nitrogens with zero attached hydrogens (tertiary/aromatic N) is 1. The van der Waals surface area contributed by atoms with Crippen LogP contribution in [0.5, 0.6) is 5.75 Å². The van der Waals surface area contributed by atoms with E-state index in [9.17, 15) is 18.8 Å². The number of methoxy groups -OCH3 is 1. The standard InChI is InChI=1S/C25H28FN3O5/c1-33-18-8-6-17(7-9-18)25(12-14-34-15-13-25)16-29-23(31)21(28-24(29)32)10-11-22(30)27-20-5-3-2-4-19(20)26/h2-9,21H,10-16H2,1H3,(H,27,30)(H,28,32). The van der Waals surface area contributed by atoms with Crippen LogP contribution < -0.4 is 15.4 Å². The Morgan fingerprint density at radius 1 is 1.18 bits per heavy atom. The smallest absolute Gasteiger partial charge is 0.324 e. The molecule has 2 fully saturated rings. The number of anilines is 1. The Labute approximate surface area is 197 Å². The van der Waals surface area contributed by atoms with E-state index in [1.807, 2.05) is 24.3 Å². The minimum absolute atomic E-state index is 0.0314. The third-order valence-corrected chi connectivity index (χ3v) is 6.53. The van der Waals surface area contributed by atoms with E-state index in [2.05, 4.69) is 10.6 Å². The second-order valence-corrected chi connectivity index (χ2v) is 8.61. The summed E-state index contributed by atoms with van der Waals surface area (Å²) in [5.41, 5.74) is 0.677. The molecule has 2 aromatic rings. The molecule has 2 saturated heterocycles. The molecule has 1 unspecified atom stereocenters. The minimum Gasteiger partial charge on any atom is -0.497 e. The molecular weight excluding hydrogens is 441 g/mol. The highest BCUT2D eigenvalue weighted by Gasteiger charge is 2.44. The van der Waals surface area contributed by atoms with Crippen molar-refractivity contribution in [3.8, 4) is 5.75 Å². The van der Waals surface area contributed by atoms with E-state index in [0.717, 1.165) is 11.3 Å². The molecule has 4 amide bonds. The molecule has 9 heteroatoms. The van der Waals surface area contributed by atoms with Crippen molar-refractivity contribution in [2.45, 2.75) is 37.1 Å². The third kappa shape index (κ3) is 5.04. The normalized spacial score (nSPS) is 19.6. The molecule has 0 spiro atoms. The van der Waals surface area contributed by atoms with Gasteiger partial charge in [-0.1, -0.05) is 24.3 Å². The first-order chi connectivity index (χ1) is 16.4. The number of rotatable bonds is 8. The lowest BCUT2D eigenvalue weighted by Crippen LogP contribution is -2.47. The third-order valence-electron chi connectivity index (χ3n) is 6.53. The van der Waals surface area contributed by atoms with Gasteiger partial charge in [-0.2, -0.15) is 0 Å². The van der Waals surface area contributed by atoms with Gasteiger partial charge in [-0.05, 0) is 49.1 Å². The van der Waals surface area contributed by atoms with Crippen molar-refractivity contribution in [1.82, 2.24) is 10.2 Å². The molecule has 180 valence electrons. The first kappa shape index (κ1) is 23.7. The van der Waals surface area contributed by atoms with Crippen molar-refractivity contribution in [2.24, 2.45) is 0 Å². The number of hydrogen-bond donors (Lipinski definition) is 2. The summed E-state index contributed by atoms with van der Waals surface area (Å²) in [6, 6.07) is 12.3. The van der Waals surface area contributed by atoms with Crippen molar-refractivity contribution in [1.29, 1.82) is 0 Å². The van der Waals surface area contributed by atoms with Gasteiger partial charge < -0.3 is 20.1 Å². The number of nitrogens with one attached hydrogen (secondary N) is 2. The topological polar surface area (TPSA) is 97.0 Å². The van der Waals surface area contributed by atoms with Crippen LogP contribution in [0.15, 0.2) is 48.5 Å². The summed E-state index contributed by atoms with van der Waals surface area (Å²) < 4.78 is 24.6. The second kappa shape index (κ2) is 10.2. The molecule has 2 heterocycles. The van der Waals surface area contributed by atoms with E-state index in [-0.39, 0.29) is 31.0 Å². The van der Waals surface area contributed by atoms with E-state index in [0.29, 0.717) is 26.1 Å². The van der Waals surface area contributed by atoms with Gasteiger partial charge in [0.05, 0.1) is 12.8 Å². The molecule has 1 atom stereocenters. The van der Waals surface area contributed by atoms with E-state index in [1.54, 1.807) is 13.2 Å². The highest BCUT2D eigenvalue weighted by molar-refractivity contribution is 6.04. The van der Waals surface area contributed by atoms with Gasteiger partial charge in [0.15, 0.2) is 0 Å². The fourth-order valence-corrected chi connectivity index (χ4v) is 4.52. The maximum absolute atomic E-state index is 13.7. The zero-order valence-corrected chi connectivity index (χ0v) is 19.0. The monoisotopic (exact) mass is 469 g/mol. The number of benzene rings is 2.